The van der Waals surface area contributed by atoms with Crippen LogP contribution >= 0.6 is 0 Å². The summed E-state index contributed by atoms with van der Waals surface area (Å²) >= 11 is 0. The lowest BCUT2D eigenvalue weighted by atomic mass is 10.1. The number of hydrogen-bond donors (Lipinski definition) is 2. The maximum atomic E-state index is 12.4. The Morgan fingerprint density at radius 1 is 1.07 bits per heavy atom. The SMILES string of the molecule is NC(=O)N1CCC(NC(=O)CCc2nc(-c3ccccc3)c(-c3ccccc3)o2)C1. The molecular weight excluding hydrogens is 380 g/mol. The summed E-state index contributed by atoms with van der Waals surface area (Å²) < 4.78 is 6.06. The van der Waals surface area contributed by atoms with Crippen LogP contribution in [0.15, 0.2) is 65.1 Å². The molecule has 154 valence electrons. The van der Waals surface area contributed by atoms with E-state index < -0.39 is 6.03 Å². The maximum Gasteiger partial charge on any atom is 0.314 e. The van der Waals surface area contributed by atoms with E-state index in [9.17, 15) is 9.59 Å². The number of rotatable bonds is 6. The van der Waals surface area contributed by atoms with Crippen molar-refractivity contribution in [3.05, 3.63) is 66.6 Å². The van der Waals surface area contributed by atoms with E-state index in [1.165, 1.54) is 4.90 Å². The fourth-order valence-electron chi connectivity index (χ4n) is 3.65. The van der Waals surface area contributed by atoms with Crippen molar-refractivity contribution in [2.24, 2.45) is 5.73 Å². The number of amides is 3. The molecule has 0 aliphatic carbocycles. The molecule has 3 N–H and O–H groups in total. The molecule has 7 nitrogen and oxygen atoms in total. The van der Waals surface area contributed by atoms with Crippen LogP contribution in [0.4, 0.5) is 4.79 Å². The summed E-state index contributed by atoms with van der Waals surface area (Å²) in [5, 5.41) is 2.96. The van der Waals surface area contributed by atoms with Crippen LogP contribution in [0.1, 0.15) is 18.7 Å². The molecule has 0 bridgehead atoms. The summed E-state index contributed by atoms with van der Waals surface area (Å²) in [7, 11) is 0. The fourth-order valence-corrected chi connectivity index (χ4v) is 3.65. The van der Waals surface area contributed by atoms with E-state index in [1.807, 2.05) is 60.7 Å². The van der Waals surface area contributed by atoms with Gasteiger partial charge in [0.1, 0.15) is 5.69 Å². The molecule has 3 aromatic rings. The van der Waals surface area contributed by atoms with Crippen molar-refractivity contribution >= 4 is 11.9 Å². The smallest absolute Gasteiger partial charge is 0.314 e. The number of likely N-dealkylation sites (tertiary alicyclic amines) is 1. The van der Waals surface area contributed by atoms with Gasteiger partial charge in [0.05, 0.1) is 0 Å². The second kappa shape index (κ2) is 8.82. The molecule has 30 heavy (non-hydrogen) atoms. The van der Waals surface area contributed by atoms with Crippen molar-refractivity contribution in [3.8, 4) is 22.6 Å². The fraction of sp³-hybridized carbons (Fsp3) is 0.261. The zero-order valence-electron chi connectivity index (χ0n) is 16.6. The second-order valence-electron chi connectivity index (χ2n) is 7.35. The van der Waals surface area contributed by atoms with Crippen LogP contribution in [-0.2, 0) is 11.2 Å². The number of oxazole rings is 1. The molecule has 1 aliphatic rings. The van der Waals surface area contributed by atoms with Crippen molar-refractivity contribution < 1.29 is 14.0 Å². The van der Waals surface area contributed by atoms with Gasteiger partial charge in [0.2, 0.25) is 5.91 Å². The number of carbonyl (C=O) groups excluding carboxylic acids is 2. The third-order valence-corrected chi connectivity index (χ3v) is 5.19. The number of aryl methyl sites for hydroxylation is 1. The van der Waals surface area contributed by atoms with E-state index in [2.05, 4.69) is 10.3 Å². The van der Waals surface area contributed by atoms with Crippen molar-refractivity contribution in [1.29, 1.82) is 0 Å². The lowest BCUT2D eigenvalue weighted by Gasteiger charge is -2.14. The van der Waals surface area contributed by atoms with Gasteiger partial charge in [-0.15, -0.1) is 0 Å². The van der Waals surface area contributed by atoms with Crippen molar-refractivity contribution in [3.63, 3.8) is 0 Å². The minimum Gasteiger partial charge on any atom is -0.440 e. The topological polar surface area (TPSA) is 101 Å². The molecule has 0 radical (unpaired) electrons. The molecule has 2 heterocycles. The molecule has 7 heteroatoms. The van der Waals surface area contributed by atoms with Gasteiger partial charge < -0.3 is 20.4 Å². The average Bonchev–Trinajstić information content (AvgIpc) is 3.41. The first-order valence-corrected chi connectivity index (χ1v) is 10.0. The van der Waals surface area contributed by atoms with Crippen LogP contribution in [0.25, 0.3) is 22.6 Å². The Bertz CT molecular complexity index is 960. The van der Waals surface area contributed by atoms with Crippen LogP contribution in [0.2, 0.25) is 0 Å². The molecule has 1 saturated heterocycles. The van der Waals surface area contributed by atoms with Gasteiger partial charge >= 0.3 is 6.03 Å². The number of primary amides is 1. The largest absolute Gasteiger partial charge is 0.440 e. The number of aromatic nitrogens is 1. The second-order valence-corrected chi connectivity index (χ2v) is 7.35. The van der Waals surface area contributed by atoms with Gasteiger partial charge in [0.15, 0.2) is 11.7 Å². The van der Waals surface area contributed by atoms with E-state index in [0.29, 0.717) is 37.6 Å². The highest BCUT2D eigenvalue weighted by Crippen LogP contribution is 2.32. The zero-order chi connectivity index (χ0) is 20.9. The molecule has 4 rings (SSSR count). The van der Waals surface area contributed by atoms with Crippen LogP contribution < -0.4 is 11.1 Å². The van der Waals surface area contributed by atoms with Crippen molar-refractivity contribution in [1.82, 2.24) is 15.2 Å². The predicted octanol–water partition coefficient (Wildman–Crippen LogP) is 3.21. The van der Waals surface area contributed by atoms with Gasteiger partial charge in [-0.2, -0.15) is 0 Å². The highest BCUT2D eigenvalue weighted by Gasteiger charge is 2.26. The van der Waals surface area contributed by atoms with Crippen molar-refractivity contribution in [2.45, 2.75) is 25.3 Å². The van der Waals surface area contributed by atoms with E-state index in [1.54, 1.807) is 0 Å². The van der Waals surface area contributed by atoms with Crippen LogP contribution in [0.3, 0.4) is 0 Å². The Hall–Kier alpha value is -3.61. The first-order valence-electron chi connectivity index (χ1n) is 10.0. The first-order chi connectivity index (χ1) is 14.6. The molecule has 2 aromatic carbocycles. The standard InChI is InChI=1S/C23H24N4O3/c24-23(29)27-14-13-18(15-27)25-19(28)11-12-20-26-21(16-7-3-1-4-8-16)22(30-20)17-9-5-2-6-10-17/h1-10,18H,11-15H2,(H2,24,29)(H,25,28). The number of carbonyl (C=O) groups is 2. The van der Waals surface area contributed by atoms with Gasteiger partial charge in [-0.3, -0.25) is 4.79 Å². The summed E-state index contributed by atoms with van der Waals surface area (Å²) in [5.74, 6) is 1.13. The molecule has 1 aromatic heterocycles. The van der Waals surface area contributed by atoms with Crippen LogP contribution in [0, 0.1) is 0 Å². The average molecular weight is 404 g/mol. The Morgan fingerprint density at radius 2 is 1.73 bits per heavy atom. The Labute approximate surface area is 174 Å². The number of nitrogens with one attached hydrogen (secondary N) is 1. The van der Waals surface area contributed by atoms with Gasteiger partial charge in [-0.05, 0) is 6.42 Å². The monoisotopic (exact) mass is 404 g/mol. The molecule has 1 fully saturated rings. The minimum atomic E-state index is -0.451. The third-order valence-electron chi connectivity index (χ3n) is 5.19. The summed E-state index contributed by atoms with van der Waals surface area (Å²) in [5.41, 5.74) is 7.97. The maximum absolute atomic E-state index is 12.4. The first kappa shape index (κ1) is 19.7. The molecule has 1 unspecified atom stereocenters. The molecule has 0 saturated carbocycles. The summed E-state index contributed by atoms with van der Waals surface area (Å²) in [6.07, 6.45) is 1.37. The third kappa shape index (κ3) is 4.51. The normalized spacial score (nSPS) is 15.9. The summed E-state index contributed by atoms with van der Waals surface area (Å²) in [4.78, 5) is 29.8. The molecule has 1 aliphatic heterocycles. The number of urea groups is 1. The Balaban J connectivity index is 1.45. The molecular formula is C23H24N4O3. The van der Waals surface area contributed by atoms with E-state index in [-0.39, 0.29) is 18.4 Å². The highest BCUT2D eigenvalue weighted by atomic mass is 16.4. The quantitative estimate of drug-likeness (QED) is 0.659. The summed E-state index contributed by atoms with van der Waals surface area (Å²) in [6, 6.07) is 19.2. The van der Waals surface area contributed by atoms with Gasteiger partial charge in [0, 0.05) is 43.1 Å². The number of hydrogen-bond acceptors (Lipinski definition) is 4. The van der Waals surface area contributed by atoms with Gasteiger partial charge in [-0.1, -0.05) is 60.7 Å². The van der Waals surface area contributed by atoms with Gasteiger partial charge in [0.25, 0.3) is 0 Å². The number of nitrogens with zero attached hydrogens (tertiary/aromatic N) is 2. The predicted molar refractivity (Wildman–Crippen MR) is 113 cm³/mol. The zero-order valence-corrected chi connectivity index (χ0v) is 16.6. The lowest BCUT2D eigenvalue weighted by Crippen LogP contribution is -2.40. The highest BCUT2D eigenvalue weighted by molar-refractivity contribution is 5.78. The number of nitrogens with two attached hydrogens (primary N) is 1. The molecule has 0 spiro atoms. The Morgan fingerprint density at radius 3 is 2.37 bits per heavy atom. The molecule has 1 atom stereocenters. The number of benzene rings is 2. The Kier molecular flexibility index (Phi) is 5.79. The lowest BCUT2D eigenvalue weighted by molar-refractivity contribution is -0.121. The van der Waals surface area contributed by atoms with Crippen molar-refractivity contribution in [2.75, 3.05) is 13.1 Å². The van der Waals surface area contributed by atoms with Crippen LogP contribution in [0.5, 0.6) is 0 Å². The minimum absolute atomic E-state index is 0.0608. The van der Waals surface area contributed by atoms with E-state index in [4.69, 9.17) is 10.2 Å². The van der Waals surface area contributed by atoms with Crippen LogP contribution in [-0.4, -0.2) is 41.0 Å². The van der Waals surface area contributed by atoms with E-state index >= 15 is 0 Å². The summed E-state index contributed by atoms with van der Waals surface area (Å²) in [6.45, 7) is 1.03. The molecule has 3 amide bonds. The van der Waals surface area contributed by atoms with Gasteiger partial charge in [-0.25, -0.2) is 9.78 Å². The van der Waals surface area contributed by atoms with E-state index in [0.717, 1.165) is 16.8 Å².